The first-order valence-electron chi connectivity index (χ1n) is 10.3. The Hall–Kier alpha value is -3.13. The molecular formula is C23H24F2N4O2. The van der Waals surface area contributed by atoms with Gasteiger partial charge in [-0.25, -0.2) is 8.78 Å². The number of pyridine rings is 1. The lowest BCUT2D eigenvalue weighted by molar-refractivity contribution is -0.117. The van der Waals surface area contributed by atoms with Crippen molar-refractivity contribution in [1.82, 2.24) is 15.0 Å². The number of likely N-dealkylation sites (tertiary alicyclic amines) is 1. The Kier molecular flexibility index (Phi) is 6.36. The normalized spacial score (nSPS) is 16.9. The Balaban J connectivity index is 1.35. The van der Waals surface area contributed by atoms with E-state index in [4.69, 9.17) is 4.52 Å². The van der Waals surface area contributed by atoms with Gasteiger partial charge in [0.2, 0.25) is 5.91 Å². The maximum Gasteiger partial charge on any atom is 0.239 e. The molecule has 3 aromatic rings. The molecule has 1 aliphatic rings. The summed E-state index contributed by atoms with van der Waals surface area (Å²) in [5.74, 6) is 0.0246. The summed E-state index contributed by atoms with van der Waals surface area (Å²) < 4.78 is 32.7. The second-order valence-corrected chi connectivity index (χ2v) is 7.91. The summed E-state index contributed by atoms with van der Waals surface area (Å²) >= 11 is 0. The van der Waals surface area contributed by atoms with E-state index in [9.17, 15) is 13.6 Å². The second-order valence-electron chi connectivity index (χ2n) is 7.91. The number of carbonyl (C=O) groups excluding carboxylic acids is 1. The Labute approximate surface area is 179 Å². The molecule has 0 bridgehead atoms. The molecule has 31 heavy (non-hydrogen) atoms. The monoisotopic (exact) mass is 426 g/mol. The van der Waals surface area contributed by atoms with E-state index in [1.54, 1.807) is 19.2 Å². The van der Waals surface area contributed by atoms with E-state index in [0.717, 1.165) is 37.2 Å². The molecule has 1 atom stereocenters. The van der Waals surface area contributed by atoms with Gasteiger partial charge in [-0.05, 0) is 50.1 Å². The molecule has 8 heteroatoms. The van der Waals surface area contributed by atoms with Crippen LogP contribution in [0.3, 0.4) is 0 Å². The molecule has 2 aromatic heterocycles. The highest BCUT2D eigenvalue weighted by Gasteiger charge is 2.24. The number of aryl methyl sites for hydroxylation is 1. The summed E-state index contributed by atoms with van der Waals surface area (Å²) in [6.07, 6.45) is 3.78. The molecule has 0 spiro atoms. The van der Waals surface area contributed by atoms with Gasteiger partial charge in [0.05, 0.1) is 6.54 Å². The zero-order valence-electron chi connectivity index (χ0n) is 17.3. The van der Waals surface area contributed by atoms with Crippen LogP contribution in [-0.4, -0.2) is 40.6 Å². The van der Waals surface area contributed by atoms with Gasteiger partial charge in [-0.15, -0.1) is 0 Å². The molecule has 4 rings (SSSR count). The number of anilines is 1. The predicted octanol–water partition coefficient (Wildman–Crippen LogP) is 4.07. The van der Waals surface area contributed by atoms with Gasteiger partial charge in [-0.3, -0.25) is 14.7 Å². The summed E-state index contributed by atoms with van der Waals surface area (Å²) in [6.45, 7) is 3.60. The summed E-state index contributed by atoms with van der Waals surface area (Å²) in [4.78, 5) is 18.9. The molecule has 1 saturated heterocycles. The van der Waals surface area contributed by atoms with Crippen LogP contribution >= 0.6 is 0 Å². The Bertz CT molecular complexity index is 1030. The van der Waals surface area contributed by atoms with Crippen LogP contribution in [0.4, 0.5) is 14.6 Å². The van der Waals surface area contributed by atoms with Crippen LogP contribution in [0.1, 0.15) is 41.3 Å². The first-order valence-corrected chi connectivity index (χ1v) is 10.3. The molecule has 3 heterocycles. The van der Waals surface area contributed by atoms with Crippen LogP contribution in [0, 0.1) is 18.6 Å². The first-order chi connectivity index (χ1) is 15.0. The van der Waals surface area contributed by atoms with Gasteiger partial charge in [-0.1, -0.05) is 17.3 Å². The zero-order chi connectivity index (χ0) is 21.8. The molecule has 0 radical (unpaired) electrons. The summed E-state index contributed by atoms with van der Waals surface area (Å²) in [5, 5.41) is 6.52. The van der Waals surface area contributed by atoms with Gasteiger partial charge >= 0.3 is 0 Å². The van der Waals surface area contributed by atoms with E-state index >= 15 is 0 Å². The van der Waals surface area contributed by atoms with Crippen molar-refractivity contribution in [3.8, 4) is 0 Å². The molecule has 1 amide bonds. The van der Waals surface area contributed by atoms with E-state index in [1.807, 2.05) is 12.1 Å². The number of hydrogen-bond acceptors (Lipinski definition) is 5. The maximum absolute atomic E-state index is 13.9. The topological polar surface area (TPSA) is 71.3 Å². The standard InChI is InChI=1S/C23H24F2N4O2/c1-15-10-22(28-31-15)27-23(30)14-29-9-3-4-17(13-29)21-8-7-16(12-26-21)11-18-19(24)5-2-6-20(18)25/h2,5-8,10,12,17H,3-4,9,11,13-14H2,1H3,(H,27,28,30)/t17-/m0/s1. The molecule has 1 N–H and O–H groups in total. The molecule has 0 aliphatic carbocycles. The Morgan fingerprint density at radius 3 is 2.74 bits per heavy atom. The smallest absolute Gasteiger partial charge is 0.239 e. The minimum Gasteiger partial charge on any atom is -0.360 e. The third-order valence-corrected chi connectivity index (χ3v) is 5.48. The number of nitrogens with zero attached hydrogens (tertiary/aromatic N) is 3. The van der Waals surface area contributed by atoms with Crippen molar-refractivity contribution in [2.24, 2.45) is 0 Å². The molecule has 162 valence electrons. The number of aromatic nitrogens is 2. The Morgan fingerprint density at radius 2 is 2.06 bits per heavy atom. The van der Waals surface area contributed by atoms with Crippen molar-refractivity contribution >= 4 is 11.7 Å². The summed E-state index contributed by atoms with van der Waals surface area (Å²) in [5.41, 5.74) is 1.73. The zero-order valence-corrected chi connectivity index (χ0v) is 17.3. The number of piperidine rings is 1. The lowest BCUT2D eigenvalue weighted by Crippen LogP contribution is -2.40. The highest BCUT2D eigenvalue weighted by atomic mass is 19.1. The second kappa shape index (κ2) is 9.34. The van der Waals surface area contributed by atoms with Crippen LogP contribution in [0.5, 0.6) is 0 Å². The van der Waals surface area contributed by atoms with E-state index in [2.05, 4.69) is 20.4 Å². The number of benzene rings is 1. The van der Waals surface area contributed by atoms with E-state index < -0.39 is 11.6 Å². The van der Waals surface area contributed by atoms with Crippen molar-refractivity contribution in [1.29, 1.82) is 0 Å². The minimum absolute atomic E-state index is 0.0502. The van der Waals surface area contributed by atoms with Crippen molar-refractivity contribution in [2.45, 2.75) is 32.1 Å². The number of nitrogens with one attached hydrogen (secondary N) is 1. The average Bonchev–Trinajstić information content (AvgIpc) is 3.16. The highest BCUT2D eigenvalue weighted by Crippen LogP contribution is 2.26. The fraction of sp³-hybridized carbons (Fsp3) is 0.348. The van der Waals surface area contributed by atoms with Crippen molar-refractivity contribution < 1.29 is 18.1 Å². The lowest BCUT2D eigenvalue weighted by atomic mass is 9.93. The number of amides is 1. The van der Waals surface area contributed by atoms with Gasteiger partial charge < -0.3 is 9.84 Å². The molecular weight excluding hydrogens is 402 g/mol. The Morgan fingerprint density at radius 1 is 1.26 bits per heavy atom. The van der Waals surface area contributed by atoms with Crippen LogP contribution < -0.4 is 5.32 Å². The van der Waals surface area contributed by atoms with Crippen LogP contribution in [0.25, 0.3) is 0 Å². The van der Waals surface area contributed by atoms with Crippen molar-refractivity contribution in [3.05, 3.63) is 76.8 Å². The van der Waals surface area contributed by atoms with Crippen molar-refractivity contribution in [3.63, 3.8) is 0 Å². The minimum atomic E-state index is -0.550. The molecule has 0 saturated carbocycles. The van der Waals surface area contributed by atoms with Gasteiger partial charge in [0, 0.05) is 42.4 Å². The molecule has 1 aliphatic heterocycles. The quantitative estimate of drug-likeness (QED) is 0.644. The largest absolute Gasteiger partial charge is 0.360 e. The van der Waals surface area contributed by atoms with Crippen LogP contribution in [0.2, 0.25) is 0 Å². The van der Waals surface area contributed by atoms with Crippen LogP contribution in [-0.2, 0) is 11.2 Å². The van der Waals surface area contributed by atoms with E-state index in [0.29, 0.717) is 11.6 Å². The third-order valence-electron chi connectivity index (χ3n) is 5.48. The first kappa shape index (κ1) is 21.1. The molecule has 6 nitrogen and oxygen atoms in total. The molecule has 1 fully saturated rings. The number of carbonyl (C=O) groups is 1. The summed E-state index contributed by atoms with van der Waals surface area (Å²) in [6, 6.07) is 9.34. The molecule has 1 aromatic carbocycles. The van der Waals surface area contributed by atoms with Gasteiger partial charge in [0.15, 0.2) is 5.82 Å². The lowest BCUT2D eigenvalue weighted by Gasteiger charge is -2.31. The predicted molar refractivity (Wildman–Crippen MR) is 112 cm³/mol. The average molecular weight is 426 g/mol. The third kappa shape index (κ3) is 5.32. The molecule has 0 unspecified atom stereocenters. The van der Waals surface area contributed by atoms with E-state index in [-0.39, 0.29) is 30.4 Å². The fourth-order valence-corrected chi connectivity index (χ4v) is 3.94. The fourth-order valence-electron chi connectivity index (χ4n) is 3.94. The SMILES string of the molecule is Cc1cc(NC(=O)CN2CCC[C@H](c3ccc(Cc4c(F)cccc4F)cn3)C2)no1. The summed E-state index contributed by atoms with van der Waals surface area (Å²) in [7, 11) is 0. The number of rotatable bonds is 6. The van der Waals surface area contributed by atoms with Gasteiger partial charge in [-0.2, -0.15) is 0 Å². The van der Waals surface area contributed by atoms with Crippen LogP contribution in [0.15, 0.2) is 47.1 Å². The van der Waals surface area contributed by atoms with Gasteiger partial charge in [0.1, 0.15) is 17.4 Å². The number of halogens is 2. The number of hydrogen-bond donors (Lipinski definition) is 1. The highest BCUT2D eigenvalue weighted by molar-refractivity contribution is 5.91. The van der Waals surface area contributed by atoms with E-state index in [1.165, 1.54) is 18.2 Å². The van der Waals surface area contributed by atoms with Gasteiger partial charge in [0.25, 0.3) is 0 Å². The maximum atomic E-state index is 13.9. The van der Waals surface area contributed by atoms with Crippen molar-refractivity contribution in [2.75, 3.05) is 25.0 Å².